The summed E-state index contributed by atoms with van der Waals surface area (Å²) in [5.41, 5.74) is 0.712. The molecular formula is C19H15NO3S. The Kier molecular flexibility index (Phi) is 3.92. The Morgan fingerprint density at radius 3 is 2.79 bits per heavy atom. The molecular weight excluding hydrogens is 322 g/mol. The maximum Gasteiger partial charge on any atom is 0.287 e. The van der Waals surface area contributed by atoms with Gasteiger partial charge in [0.1, 0.15) is 11.3 Å². The molecule has 0 bridgehead atoms. The molecule has 1 amide bonds. The molecule has 0 radical (unpaired) electrons. The van der Waals surface area contributed by atoms with Crippen LogP contribution in [0.15, 0.2) is 75.1 Å². The zero-order chi connectivity index (χ0) is 16.4. The maximum atomic E-state index is 12.4. The van der Waals surface area contributed by atoms with Crippen molar-refractivity contribution >= 4 is 28.2 Å². The third-order valence-electron chi connectivity index (χ3n) is 3.89. The van der Waals surface area contributed by atoms with Crippen molar-refractivity contribution < 1.29 is 13.6 Å². The number of carbonyl (C=O) groups excluding carboxylic acids is 1. The van der Waals surface area contributed by atoms with E-state index in [9.17, 15) is 4.79 Å². The highest BCUT2D eigenvalue weighted by atomic mass is 32.1. The first-order chi connectivity index (χ1) is 11.8. The molecule has 1 N–H and O–H groups in total. The van der Waals surface area contributed by atoms with Gasteiger partial charge in [-0.3, -0.25) is 4.79 Å². The number of furan rings is 2. The minimum Gasteiger partial charge on any atom is -0.469 e. The molecule has 1 unspecified atom stereocenters. The molecule has 3 heterocycles. The summed E-state index contributed by atoms with van der Waals surface area (Å²) in [7, 11) is 0. The van der Waals surface area contributed by atoms with E-state index in [1.54, 1.807) is 23.7 Å². The zero-order valence-electron chi connectivity index (χ0n) is 12.8. The van der Waals surface area contributed by atoms with Crippen molar-refractivity contribution in [2.75, 3.05) is 6.54 Å². The Morgan fingerprint density at radius 1 is 1.12 bits per heavy atom. The van der Waals surface area contributed by atoms with Gasteiger partial charge in [0.05, 0.1) is 12.2 Å². The molecule has 0 aliphatic heterocycles. The summed E-state index contributed by atoms with van der Waals surface area (Å²) in [6.45, 7) is 0.448. The van der Waals surface area contributed by atoms with E-state index in [1.165, 1.54) is 0 Å². The van der Waals surface area contributed by atoms with Crippen LogP contribution in [0.4, 0.5) is 0 Å². The van der Waals surface area contributed by atoms with E-state index in [0.717, 1.165) is 16.0 Å². The number of nitrogens with one attached hydrogen (secondary N) is 1. The molecule has 0 aliphatic carbocycles. The lowest BCUT2D eigenvalue weighted by Crippen LogP contribution is -2.28. The topological polar surface area (TPSA) is 55.4 Å². The van der Waals surface area contributed by atoms with Gasteiger partial charge in [0.25, 0.3) is 5.91 Å². The van der Waals surface area contributed by atoms with Crippen molar-refractivity contribution in [2.24, 2.45) is 0 Å². The van der Waals surface area contributed by atoms with E-state index >= 15 is 0 Å². The van der Waals surface area contributed by atoms with E-state index in [4.69, 9.17) is 8.83 Å². The quantitative estimate of drug-likeness (QED) is 0.577. The maximum absolute atomic E-state index is 12.4. The van der Waals surface area contributed by atoms with E-state index in [1.807, 2.05) is 53.9 Å². The zero-order valence-corrected chi connectivity index (χ0v) is 13.6. The van der Waals surface area contributed by atoms with Crippen LogP contribution < -0.4 is 5.32 Å². The molecule has 4 aromatic rings. The smallest absolute Gasteiger partial charge is 0.287 e. The van der Waals surface area contributed by atoms with Crippen LogP contribution in [0.25, 0.3) is 11.0 Å². The normalized spacial score (nSPS) is 12.3. The number of fused-ring (bicyclic) bond motifs is 1. The number of hydrogen-bond donors (Lipinski definition) is 1. The van der Waals surface area contributed by atoms with Crippen molar-refractivity contribution in [3.63, 3.8) is 0 Å². The molecule has 4 nitrogen and oxygen atoms in total. The standard InChI is InChI=1S/C19H15NO3S/c21-19(17-11-13-5-1-2-6-15(13)23-17)20-12-14(16-7-3-9-22-16)18-8-4-10-24-18/h1-11,14H,12H2,(H,20,21). The second kappa shape index (κ2) is 6.37. The molecule has 5 heteroatoms. The number of thiophene rings is 1. The largest absolute Gasteiger partial charge is 0.469 e. The van der Waals surface area contributed by atoms with E-state index in [-0.39, 0.29) is 11.8 Å². The van der Waals surface area contributed by atoms with Crippen molar-refractivity contribution in [2.45, 2.75) is 5.92 Å². The summed E-state index contributed by atoms with van der Waals surface area (Å²) in [5, 5.41) is 5.89. The highest BCUT2D eigenvalue weighted by Gasteiger charge is 2.20. The van der Waals surface area contributed by atoms with Crippen molar-refractivity contribution in [3.05, 3.63) is 82.6 Å². The number of benzene rings is 1. The van der Waals surface area contributed by atoms with Gasteiger partial charge in [-0.25, -0.2) is 0 Å². The van der Waals surface area contributed by atoms with Crippen LogP contribution in [0.5, 0.6) is 0 Å². The third kappa shape index (κ3) is 2.86. The summed E-state index contributed by atoms with van der Waals surface area (Å²) in [4.78, 5) is 13.6. The average molecular weight is 337 g/mol. The molecule has 0 fully saturated rings. The molecule has 120 valence electrons. The van der Waals surface area contributed by atoms with Gasteiger partial charge in [0, 0.05) is 16.8 Å². The predicted molar refractivity (Wildman–Crippen MR) is 93.4 cm³/mol. The Morgan fingerprint density at radius 2 is 2.04 bits per heavy atom. The molecule has 1 aromatic carbocycles. The number of hydrogen-bond acceptors (Lipinski definition) is 4. The first kappa shape index (κ1) is 14.8. The average Bonchev–Trinajstić information content (AvgIpc) is 3.35. The highest BCUT2D eigenvalue weighted by molar-refractivity contribution is 7.10. The fourth-order valence-corrected chi connectivity index (χ4v) is 3.53. The van der Waals surface area contributed by atoms with Gasteiger partial charge in [0.15, 0.2) is 5.76 Å². The molecule has 0 spiro atoms. The van der Waals surface area contributed by atoms with Gasteiger partial charge in [-0.1, -0.05) is 24.3 Å². The molecule has 0 saturated heterocycles. The third-order valence-corrected chi connectivity index (χ3v) is 4.88. The van der Waals surface area contributed by atoms with E-state index in [2.05, 4.69) is 5.32 Å². The van der Waals surface area contributed by atoms with Gasteiger partial charge in [-0.05, 0) is 35.7 Å². The van der Waals surface area contributed by atoms with Crippen LogP contribution in [0.2, 0.25) is 0 Å². The lowest BCUT2D eigenvalue weighted by atomic mass is 10.0. The molecule has 24 heavy (non-hydrogen) atoms. The minimum atomic E-state index is -0.223. The lowest BCUT2D eigenvalue weighted by molar-refractivity contribution is 0.0926. The van der Waals surface area contributed by atoms with Crippen LogP contribution >= 0.6 is 11.3 Å². The van der Waals surface area contributed by atoms with Gasteiger partial charge in [0.2, 0.25) is 0 Å². The molecule has 4 rings (SSSR count). The van der Waals surface area contributed by atoms with Crippen molar-refractivity contribution in [1.82, 2.24) is 5.32 Å². The Labute approximate surface area is 142 Å². The van der Waals surface area contributed by atoms with Gasteiger partial charge >= 0.3 is 0 Å². The van der Waals surface area contributed by atoms with Crippen LogP contribution in [-0.2, 0) is 0 Å². The van der Waals surface area contributed by atoms with Gasteiger partial charge < -0.3 is 14.2 Å². The summed E-state index contributed by atoms with van der Waals surface area (Å²) >= 11 is 1.65. The van der Waals surface area contributed by atoms with E-state index < -0.39 is 0 Å². The molecule has 0 saturated carbocycles. The number of amides is 1. The number of rotatable bonds is 5. The van der Waals surface area contributed by atoms with Crippen LogP contribution in [-0.4, -0.2) is 12.5 Å². The number of carbonyl (C=O) groups is 1. The first-order valence-corrected chi connectivity index (χ1v) is 8.53. The molecule has 1 atom stereocenters. The minimum absolute atomic E-state index is 0.00618. The fourth-order valence-electron chi connectivity index (χ4n) is 2.70. The fraction of sp³-hybridized carbons (Fsp3) is 0.105. The summed E-state index contributed by atoms with van der Waals surface area (Å²) in [6.07, 6.45) is 1.65. The van der Waals surface area contributed by atoms with Crippen LogP contribution in [0.1, 0.15) is 27.1 Å². The second-order valence-electron chi connectivity index (χ2n) is 5.44. The Bertz CT molecular complexity index is 871. The molecule has 0 aliphatic rings. The number of para-hydroxylation sites is 1. The van der Waals surface area contributed by atoms with Crippen molar-refractivity contribution in [3.8, 4) is 0 Å². The SMILES string of the molecule is O=C(NCC(c1ccco1)c1cccs1)c1cc2ccccc2o1. The summed E-state index contributed by atoms with van der Waals surface area (Å²) in [5.74, 6) is 0.926. The van der Waals surface area contributed by atoms with Crippen LogP contribution in [0, 0.1) is 0 Å². The summed E-state index contributed by atoms with van der Waals surface area (Å²) in [6, 6.07) is 17.2. The van der Waals surface area contributed by atoms with Crippen LogP contribution in [0.3, 0.4) is 0 Å². The molecule has 3 aromatic heterocycles. The second-order valence-corrected chi connectivity index (χ2v) is 6.42. The first-order valence-electron chi connectivity index (χ1n) is 7.65. The predicted octanol–water partition coefficient (Wildman–Crippen LogP) is 4.65. The Hall–Kier alpha value is -2.79. The lowest BCUT2D eigenvalue weighted by Gasteiger charge is -2.13. The van der Waals surface area contributed by atoms with Gasteiger partial charge in [-0.15, -0.1) is 11.3 Å². The Balaban J connectivity index is 1.52. The highest BCUT2D eigenvalue weighted by Crippen LogP contribution is 2.28. The van der Waals surface area contributed by atoms with E-state index in [0.29, 0.717) is 17.9 Å². The van der Waals surface area contributed by atoms with Gasteiger partial charge in [-0.2, -0.15) is 0 Å². The monoisotopic (exact) mass is 337 g/mol. The summed E-state index contributed by atoms with van der Waals surface area (Å²) < 4.78 is 11.1. The van der Waals surface area contributed by atoms with Crippen molar-refractivity contribution in [1.29, 1.82) is 0 Å².